The van der Waals surface area contributed by atoms with Crippen LogP contribution in [0.25, 0.3) is 0 Å². The molecule has 35 heavy (non-hydrogen) atoms. The van der Waals surface area contributed by atoms with Gasteiger partial charge in [-0.3, -0.25) is 19.4 Å². The molecular formula is C24H25Cl2FN4O3S. The minimum Gasteiger partial charge on any atom is -0.379 e. The van der Waals surface area contributed by atoms with Gasteiger partial charge in [0.1, 0.15) is 11.1 Å². The van der Waals surface area contributed by atoms with Gasteiger partial charge in [0.15, 0.2) is 5.17 Å². The molecule has 2 aliphatic rings. The number of nitrogens with zero attached hydrogens (tertiary/aromatic N) is 3. The van der Waals surface area contributed by atoms with Crippen molar-refractivity contribution in [3.63, 3.8) is 0 Å². The second-order valence-corrected chi connectivity index (χ2v) is 10.1. The molecule has 2 aromatic rings. The van der Waals surface area contributed by atoms with Gasteiger partial charge in [0.25, 0.3) is 0 Å². The van der Waals surface area contributed by atoms with Crippen LogP contribution in [0, 0.1) is 5.82 Å². The molecule has 0 bridgehead atoms. The molecule has 2 heterocycles. The molecular weight excluding hydrogens is 514 g/mol. The lowest BCUT2D eigenvalue weighted by atomic mass is 10.2. The monoisotopic (exact) mass is 538 g/mol. The summed E-state index contributed by atoms with van der Waals surface area (Å²) in [6.45, 7) is 4.47. The van der Waals surface area contributed by atoms with E-state index < -0.39 is 5.25 Å². The van der Waals surface area contributed by atoms with E-state index in [0.717, 1.165) is 26.1 Å². The lowest BCUT2D eigenvalue weighted by molar-refractivity contribution is -0.128. The van der Waals surface area contributed by atoms with Crippen LogP contribution < -0.4 is 5.32 Å². The highest BCUT2D eigenvalue weighted by Crippen LogP contribution is 2.33. The maximum Gasteiger partial charge on any atom is 0.242 e. The molecule has 1 N–H and O–H groups in total. The SMILES string of the molecule is O=C(C[C@H]1SC(=Nc2ccc(F)cc2)N(CCCN2CCOCC2)C1=O)Nc1cccc(Cl)c1Cl. The fraction of sp³-hybridized carbons (Fsp3) is 0.375. The second kappa shape index (κ2) is 12.2. The molecule has 2 saturated heterocycles. The summed E-state index contributed by atoms with van der Waals surface area (Å²) in [5.41, 5.74) is 0.929. The number of carbonyl (C=O) groups excluding carboxylic acids is 2. The van der Waals surface area contributed by atoms with Crippen LogP contribution in [0.4, 0.5) is 15.8 Å². The number of ether oxygens (including phenoxy) is 1. The van der Waals surface area contributed by atoms with E-state index in [1.807, 2.05) is 0 Å². The Hall–Kier alpha value is -2.17. The maximum atomic E-state index is 13.3. The number of aliphatic imine (C=N–C) groups is 1. The first kappa shape index (κ1) is 25.9. The number of nitrogens with one attached hydrogen (secondary N) is 1. The molecule has 4 rings (SSSR count). The van der Waals surface area contributed by atoms with Crippen molar-refractivity contribution in [1.29, 1.82) is 0 Å². The summed E-state index contributed by atoms with van der Waals surface area (Å²) in [6.07, 6.45) is 0.709. The zero-order valence-corrected chi connectivity index (χ0v) is 21.2. The van der Waals surface area contributed by atoms with Gasteiger partial charge in [-0.1, -0.05) is 41.0 Å². The van der Waals surface area contributed by atoms with Crippen LogP contribution in [-0.2, 0) is 14.3 Å². The number of hydrogen-bond acceptors (Lipinski definition) is 6. The van der Waals surface area contributed by atoms with E-state index in [1.54, 1.807) is 35.2 Å². The van der Waals surface area contributed by atoms with Gasteiger partial charge < -0.3 is 10.1 Å². The minimum absolute atomic E-state index is 0.0469. The molecule has 0 spiro atoms. The van der Waals surface area contributed by atoms with E-state index in [-0.39, 0.29) is 29.1 Å². The van der Waals surface area contributed by atoms with Crippen molar-refractivity contribution in [1.82, 2.24) is 9.80 Å². The standard InChI is InChI=1S/C24H25Cl2FN4O3S/c25-18-3-1-4-19(22(18)26)29-21(32)15-20-23(33)31(10-2-9-30-11-13-34-14-12-30)24(35-20)28-17-7-5-16(27)6-8-17/h1,3-8,20H,2,9-15H2,(H,29,32)/t20-/m1/s1. The first-order valence-corrected chi connectivity index (χ1v) is 12.9. The fourth-order valence-corrected chi connectivity index (χ4v) is 5.34. The Morgan fingerprint density at radius 3 is 2.63 bits per heavy atom. The summed E-state index contributed by atoms with van der Waals surface area (Å²) in [5, 5.41) is 3.18. The summed E-state index contributed by atoms with van der Waals surface area (Å²) < 4.78 is 18.7. The van der Waals surface area contributed by atoms with Crippen molar-refractivity contribution in [3.05, 3.63) is 58.3 Å². The molecule has 0 radical (unpaired) electrons. The Bertz CT molecular complexity index is 1100. The van der Waals surface area contributed by atoms with Crippen molar-refractivity contribution in [3.8, 4) is 0 Å². The Balaban J connectivity index is 1.44. The van der Waals surface area contributed by atoms with Crippen LogP contribution in [0.1, 0.15) is 12.8 Å². The van der Waals surface area contributed by atoms with Crippen molar-refractivity contribution in [2.75, 3.05) is 44.7 Å². The van der Waals surface area contributed by atoms with Crippen molar-refractivity contribution in [2.24, 2.45) is 4.99 Å². The van der Waals surface area contributed by atoms with E-state index in [9.17, 15) is 14.0 Å². The van der Waals surface area contributed by atoms with E-state index in [2.05, 4.69) is 15.2 Å². The zero-order valence-electron chi connectivity index (χ0n) is 18.9. The van der Waals surface area contributed by atoms with Crippen LogP contribution in [0.15, 0.2) is 47.5 Å². The molecule has 7 nitrogen and oxygen atoms in total. The minimum atomic E-state index is -0.629. The zero-order chi connectivity index (χ0) is 24.8. The number of anilines is 1. The predicted octanol–water partition coefficient (Wildman–Crippen LogP) is 4.82. The largest absolute Gasteiger partial charge is 0.379 e. The van der Waals surface area contributed by atoms with Gasteiger partial charge in [-0.2, -0.15) is 0 Å². The number of morpholine rings is 1. The molecule has 2 fully saturated rings. The van der Waals surface area contributed by atoms with E-state index >= 15 is 0 Å². The summed E-state index contributed by atoms with van der Waals surface area (Å²) in [7, 11) is 0. The van der Waals surface area contributed by atoms with Crippen molar-refractivity contribution >= 4 is 63.3 Å². The smallest absolute Gasteiger partial charge is 0.242 e. The first-order valence-electron chi connectivity index (χ1n) is 11.3. The number of rotatable bonds is 8. The lowest BCUT2D eigenvalue weighted by Crippen LogP contribution is -2.39. The molecule has 2 amide bonds. The number of thioether (sulfide) groups is 1. The van der Waals surface area contributed by atoms with Crippen LogP contribution in [-0.4, -0.2) is 71.4 Å². The predicted molar refractivity (Wildman–Crippen MR) is 138 cm³/mol. The highest BCUT2D eigenvalue weighted by Gasteiger charge is 2.39. The molecule has 1 atom stereocenters. The molecule has 11 heteroatoms. The Kier molecular flexibility index (Phi) is 9.02. The summed E-state index contributed by atoms with van der Waals surface area (Å²) >= 11 is 13.4. The molecule has 0 saturated carbocycles. The third-order valence-electron chi connectivity index (χ3n) is 5.63. The molecule has 0 unspecified atom stereocenters. The second-order valence-electron chi connectivity index (χ2n) is 8.13. The number of benzene rings is 2. The Labute approximate surface area is 217 Å². The average molecular weight is 539 g/mol. The highest BCUT2D eigenvalue weighted by atomic mass is 35.5. The number of carbonyl (C=O) groups is 2. The van der Waals surface area contributed by atoms with Crippen molar-refractivity contribution < 1.29 is 18.7 Å². The highest BCUT2D eigenvalue weighted by molar-refractivity contribution is 8.15. The van der Waals surface area contributed by atoms with Gasteiger partial charge in [0.2, 0.25) is 11.8 Å². The van der Waals surface area contributed by atoms with E-state index in [0.29, 0.717) is 41.3 Å². The van der Waals surface area contributed by atoms with Gasteiger partial charge in [-0.15, -0.1) is 0 Å². The van der Waals surface area contributed by atoms with Crippen LogP contribution in [0.5, 0.6) is 0 Å². The molecule has 2 aromatic carbocycles. The molecule has 186 valence electrons. The number of amidine groups is 1. The fourth-order valence-electron chi connectivity index (χ4n) is 3.80. The average Bonchev–Trinajstić information content (AvgIpc) is 3.13. The van der Waals surface area contributed by atoms with Gasteiger partial charge >= 0.3 is 0 Å². The first-order chi connectivity index (χ1) is 16.9. The topological polar surface area (TPSA) is 74.2 Å². The Morgan fingerprint density at radius 2 is 1.89 bits per heavy atom. The molecule has 0 aliphatic carbocycles. The molecule has 2 aliphatic heterocycles. The van der Waals surface area contributed by atoms with Crippen LogP contribution >= 0.6 is 35.0 Å². The van der Waals surface area contributed by atoms with Gasteiger partial charge in [0.05, 0.1) is 34.6 Å². The third-order valence-corrected chi connectivity index (χ3v) is 7.62. The van der Waals surface area contributed by atoms with Gasteiger partial charge in [-0.05, 0) is 42.8 Å². The number of amides is 2. The number of hydrogen-bond donors (Lipinski definition) is 1. The van der Waals surface area contributed by atoms with Crippen LogP contribution in [0.3, 0.4) is 0 Å². The van der Waals surface area contributed by atoms with E-state index in [1.165, 1.54) is 23.9 Å². The lowest BCUT2D eigenvalue weighted by Gasteiger charge is -2.27. The van der Waals surface area contributed by atoms with Crippen molar-refractivity contribution in [2.45, 2.75) is 18.1 Å². The maximum absolute atomic E-state index is 13.3. The van der Waals surface area contributed by atoms with Gasteiger partial charge in [0, 0.05) is 32.6 Å². The summed E-state index contributed by atoms with van der Waals surface area (Å²) in [6, 6.07) is 10.7. The normalized spacial score (nSPS) is 20.0. The van der Waals surface area contributed by atoms with E-state index in [4.69, 9.17) is 27.9 Å². The number of halogens is 3. The third kappa shape index (κ3) is 6.95. The molecule has 0 aromatic heterocycles. The Morgan fingerprint density at radius 1 is 1.14 bits per heavy atom. The van der Waals surface area contributed by atoms with Gasteiger partial charge in [-0.25, -0.2) is 9.38 Å². The van der Waals surface area contributed by atoms with Crippen LogP contribution in [0.2, 0.25) is 10.0 Å². The summed E-state index contributed by atoms with van der Waals surface area (Å²) in [4.78, 5) is 34.5. The quantitative estimate of drug-likeness (QED) is 0.521. The summed E-state index contributed by atoms with van der Waals surface area (Å²) in [5.74, 6) is -0.887.